The first kappa shape index (κ1) is 12.8. The van der Waals surface area contributed by atoms with Crippen LogP contribution < -0.4 is 5.73 Å². The Morgan fingerprint density at radius 3 is 2.79 bits per heavy atom. The number of aryl methyl sites for hydroxylation is 2. The molecule has 1 aromatic carbocycles. The second-order valence-corrected chi connectivity index (χ2v) is 6.29. The molecule has 2 aromatic rings. The van der Waals surface area contributed by atoms with Crippen molar-refractivity contribution in [3.05, 3.63) is 40.4 Å². The van der Waals surface area contributed by atoms with E-state index in [0.29, 0.717) is 5.92 Å². The maximum atomic E-state index is 5.87. The molecule has 1 atom stereocenters. The molecule has 2 nitrogen and oxygen atoms in total. The molecule has 3 rings (SSSR count). The van der Waals surface area contributed by atoms with Gasteiger partial charge in [0.05, 0.1) is 5.69 Å². The fraction of sp³-hybridized carbons (Fsp3) is 0.438. The van der Waals surface area contributed by atoms with Gasteiger partial charge >= 0.3 is 0 Å². The first-order chi connectivity index (χ1) is 9.31. The van der Waals surface area contributed by atoms with Crippen LogP contribution in [0.1, 0.15) is 41.8 Å². The summed E-state index contributed by atoms with van der Waals surface area (Å²) in [6, 6.07) is 8.80. The van der Waals surface area contributed by atoms with Gasteiger partial charge in [-0.05, 0) is 31.2 Å². The molecule has 0 saturated carbocycles. The highest BCUT2D eigenvalue weighted by atomic mass is 32.1. The molecule has 0 fully saturated rings. The van der Waals surface area contributed by atoms with E-state index < -0.39 is 0 Å². The summed E-state index contributed by atoms with van der Waals surface area (Å²) in [5.41, 5.74) is 9.76. The molecule has 3 heteroatoms. The Balaban J connectivity index is 1.95. The zero-order valence-corrected chi connectivity index (χ0v) is 12.2. The Bertz CT molecular complexity index is 557. The van der Waals surface area contributed by atoms with Crippen molar-refractivity contribution in [1.29, 1.82) is 0 Å². The smallest absolute Gasteiger partial charge is 0.123 e. The first-order valence-corrected chi connectivity index (χ1v) is 7.92. The lowest BCUT2D eigenvalue weighted by atomic mass is 9.91. The highest BCUT2D eigenvalue weighted by molar-refractivity contribution is 7.15. The molecule has 0 spiro atoms. The summed E-state index contributed by atoms with van der Waals surface area (Å²) < 4.78 is 0. The van der Waals surface area contributed by atoms with E-state index >= 15 is 0 Å². The summed E-state index contributed by atoms with van der Waals surface area (Å²) in [5.74, 6) is 0.476. The molecule has 1 aliphatic carbocycles. The van der Waals surface area contributed by atoms with Gasteiger partial charge in [0.15, 0.2) is 0 Å². The molecule has 1 unspecified atom stereocenters. The van der Waals surface area contributed by atoms with E-state index in [4.69, 9.17) is 10.7 Å². The molecule has 2 N–H and O–H groups in total. The summed E-state index contributed by atoms with van der Waals surface area (Å²) in [6.07, 6.45) is 4.72. The van der Waals surface area contributed by atoms with Crippen LogP contribution in [-0.4, -0.2) is 11.5 Å². The Morgan fingerprint density at radius 2 is 2.11 bits per heavy atom. The Labute approximate surface area is 118 Å². The van der Waals surface area contributed by atoms with Crippen LogP contribution in [0.25, 0.3) is 10.6 Å². The number of thiazole rings is 1. The predicted octanol–water partition coefficient (Wildman–Crippen LogP) is 3.75. The Kier molecular flexibility index (Phi) is 3.67. The lowest BCUT2D eigenvalue weighted by Gasteiger charge is -2.18. The minimum Gasteiger partial charge on any atom is -0.330 e. The van der Waals surface area contributed by atoms with Gasteiger partial charge in [0.25, 0.3) is 0 Å². The number of fused-ring (bicyclic) bond motifs is 1. The quantitative estimate of drug-likeness (QED) is 0.924. The number of nitrogens with zero attached hydrogens (tertiary/aromatic N) is 1. The first-order valence-electron chi connectivity index (χ1n) is 7.10. The van der Waals surface area contributed by atoms with E-state index in [9.17, 15) is 0 Å². The van der Waals surface area contributed by atoms with E-state index in [2.05, 4.69) is 31.2 Å². The minimum absolute atomic E-state index is 0.476. The highest BCUT2D eigenvalue weighted by Gasteiger charge is 2.23. The van der Waals surface area contributed by atoms with Crippen LogP contribution >= 0.6 is 11.3 Å². The van der Waals surface area contributed by atoms with E-state index in [1.165, 1.54) is 41.0 Å². The van der Waals surface area contributed by atoms with Gasteiger partial charge in [0.1, 0.15) is 5.01 Å². The lowest BCUT2D eigenvalue weighted by Crippen LogP contribution is -2.17. The van der Waals surface area contributed by atoms with Crippen LogP contribution in [0, 0.1) is 0 Å². The molecule has 19 heavy (non-hydrogen) atoms. The largest absolute Gasteiger partial charge is 0.330 e. The van der Waals surface area contributed by atoms with Crippen LogP contribution in [0.3, 0.4) is 0 Å². The average molecular weight is 272 g/mol. The van der Waals surface area contributed by atoms with E-state index in [1.807, 2.05) is 11.3 Å². The number of nitrogens with two attached hydrogens (primary N) is 1. The molecule has 1 aromatic heterocycles. The van der Waals surface area contributed by atoms with Crippen molar-refractivity contribution in [2.24, 2.45) is 5.73 Å². The van der Waals surface area contributed by atoms with Gasteiger partial charge in [0, 0.05) is 22.9 Å². The summed E-state index contributed by atoms with van der Waals surface area (Å²) in [7, 11) is 0. The summed E-state index contributed by atoms with van der Waals surface area (Å²) in [4.78, 5) is 6.32. The van der Waals surface area contributed by atoms with Crippen LogP contribution in [0.2, 0.25) is 0 Å². The predicted molar refractivity (Wildman–Crippen MR) is 81.7 cm³/mol. The second kappa shape index (κ2) is 5.43. The van der Waals surface area contributed by atoms with Crippen molar-refractivity contribution in [1.82, 2.24) is 4.98 Å². The van der Waals surface area contributed by atoms with Gasteiger partial charge in [-0.3, -0.25) is 0 Å². The van der Waals surface area contributed by atoms with Gasteiger partial charge in [-0.1, -0.05) is 31.2 Å². The second-order valence-electron chi connectivity index (χ2n) is 5.20. The zero-order chi connectivity index (χ0) is 13.2. The normalized spacial score (nSPS) is 18.3. The van der Waals surface area contributed by atoms with Gasteiger partial charge in [-0.25, -0.2) is 4.98 Å². The topological polar surface area (TPSA) is 38.9 Å². The summed E-state index contributed by atoms with van der Waals surface area (Å²) >= 11 is 1.85. The lowest BCUT2D eigenvalue weighted by molar-refractivity contribution is 0.554. The third kappa shape index (κ3) is 2.45. The van der Waals surface area contributed by atoms with Gasteiger partial charge in [-0.2, -0.15) is 0 Å². The molecular weight excluding hydrogens is 252 g/mol. The van der Waals surface area contributed by atoms with Crippen LogP contribution in [0.15, 0.2) is 24.3 Å². The molecule has 100 valence electrons. The van der Waals surface area contributed by atoms with Crippen molar-refractivity contribution in [2.75, 3.05) is 6.54 Å². The van der Waals surface area contributed by atoms with Crippen molar-refractivity contribution in [3.8, 4) is 10.6 Å². The maximum Gasteiger partial charge on any atom is 0.123 e. The van der Waals surface area contributed by atoms with Gasteiger partial charge < -0.3 is 5.73 Å². The Hall–Kier alpha value is -1.19. The van der Waals surface area contributed by atoms with E-state index in [1.54, 1.807) is 0 Å². The molecular formula is C16H20N2S. The number of aromatic nitrogens is 1. The number of hydrogen-bond acceptors (Lipinski definition) is 3. The Morgan fingerprint density at radius 1 is 1.32 bits per heavy atom. The molecule has 0 radical (unpaired) electrons. The fourth-order valence-corrected chi connectivity index (χ4v) is 3.94. The summed E-state index contributed by atoms with van der Waals surface area (Å²) in [5, 5.41) is 1.16. The SMILES string of the molecule is CCc1ccc(-c2nc3c(s2)CCCC3CN)cc1. The molecule has 0 aliphatic heterocycles. The van der Waals surface area contributed by atoms with Crippen LogP contribution in [0.5, 0.6) is 0 Å². The van der Waals surface area contributed by atoms with Crippen molar-refractivity contribution in [2.45, 2.75) is 38.5 Å². The van der Waals surface area contributed by atoms with E-state index in [0.717, 1.165) is 18.0 Å². The zero-order valence-electron chi connectivity index (χ0n) is 11.4. The highest BCUT2D eigenvalue weighted by Crippen LogP contribution is 2.37. The molecule has 1 aliphatic rings. The monoisotopic (exact) mass is 272 g/mol. The third-order valence-corrected chi connectivity index (χ3v) is 5.14. The number of rotatable bonds is 3. The van der Waals surface area contributed by atoms with E-state index in [-0.39, 0.29) is 0 Å². The number of hydrogen-bond donors (Lipinski definition) is 1. The van der Waals surface area contributed by atoms with Crippen LogP contribution in [0.4, 0.5) is 0 Å². The average Bonchev–Trinajstić information content (AvgIpc) is 2.91. The standard InChI is InChI=1S/C16H20N2S/c1-2-11-6-8-12(9-7-11)16-18-15-13(10-17)4-3-5-14(15)19-16/h6-9,13H,2-5,10,17H2,1H3. The van der Waals surface area contributed by atoms with Crippen molar-refractivity contribution in [3.63, 3.8) is 0 Å². The fourth-order valence-electron chi connectivity index (χ4n) is 2.74. The number of benzene rings is 1. The third-order valence-electron chi connectivity index (χ3n) is 3.96. The molecule has 1 heterocycles. The minimum atomic E-state index is 0.476. The van der Waals surface area contributed by atoms with Gasteiger partial charge in [-0.15, -0.1) is 11.3 Å². The molecule has 0 saturated heterocycles. The van der Waals surface area contributed by atoms with Crippen molar-refractivity contribution < 1.29 is 0 Å². The maximum absolute atomic E-state index is 5.87. The molecule has 0 amide bonds. The van der Waals surface area contributed by atoms with Crippen LogP contribution in [-0.2, 0) is 12.8 Å². The van der Waals surface area contributed by atoms with Crippen molar-refractivity contribution >= 4 is 11.3 Å². The van der Waals surface area contributed by atoms with Gasteiger partial charge in [0.2, 0.25) is 0 Å². The summed E-state index contributed by atoms with van der Waals surface area (Å²) in [6.45, 7) is 2.91. The molecule has 0 bridgehead atoms.